The number of benzene rings is 11. The van der Waals surface area contributed by atoms with Crippen molar-refractivity contribution in [1.29, 1.82) is 0 Å². The molecule has 318 valence electrons. The first-order valence-electron chi connectivity index (χ1n) is 23.5. The molecule has 0 saturated heterocycles. The van der Waals surface area contributed by atoms with Gasteiger partial charge in [-0.2, -0.15) is 0 Å². The highest BCUT2D eigenvalue weighted by Gasteiger charge is 2.52. The molecule has 1 aromatic heterocycles. The summed E-state index contributed by atoms with van der Waals surface area (Å²) in [5, 5.41) is 4.92. The summed E-state index contributed by atoms with van der Waals surface area (Å²) in [6.45, 7) is 0. The second-order valence-corrected chi connectivity index (χ2v) is 18.0. The van der Waals surface area contributed by atoms with Crippen LogP contribution in [-0.2, 0) is 5.41 Å². The Morgan fingerprint density at radius 3 is 1.63 bits per heavy atom. The van der Waals surface area contributed by atoms with E-state index >= 15 is 0 Å². The summed E-state index contributed by atoms with van der Waals surface area (Å²) in [6.07, 6.45) is 0. The maximum absolute atomic E-state index is 2.48. The second kappa shape index (κ2) is 15.1. The molecule has 1 spiro atoms. The topological polar surface area (TPSA) is 11.4 Å². The van der Waals surface area contributed by atoms with Crippen LogP contribution in [0.5, 0.6) is 0 Å². The molecular formula is C65H43N3. The molecule has 0 bridgehead atoms. The van der Waals surface area contributed by atoms with Gasteiger partial charge in [0, 0.05) is 50.5 Å². The molecule has 68 heavy (non-hydrogen) atoms. The number of rotatable bonds is 7. The van der Waals surface area contributed by atoms with Gasteiger partial charge in [-0.25, -0.2) is 0 Å². The molecule has 2 aliphatic carbocycles. The lowest BCUT2D eigenvalue weighted by atomic mass is 9.70. The third-order valence-electron chi connectivity index (χ3n) is 14.5. The number of anilines is 6. The molecule has 3 heteroatoms. The van der Waals surface area contributed by atoms with E-state index in [4.69, 9.17) is 0 Å². The average Bonchev–Trinajstić information content (AvgIpc) is 4.01. The Bertz CT molecular complexity index is 3930. The Morgan fingerprint density at radius 2 is 0.838 bits per heavy atom. The molecule has 1 unspecified atom stereocenters. The highest BCUT2D eigenvalue weighted by atomic mass is 15.2. The van der Waals surface area contributed by atoms with E-state index in [1.165, 1.54) is 77.1 Å². The predicted molar refractivity (Wildman–Crippen MR) is 284 cm³/mol. The van der Waals surface area contributed by atoms with Crippen LogP contribution in [-0.4, -0.2) is 4.57 Å². The lowest BCUT2D eigenvalue weighted by Crippen LogP contribution is -2.26. The normalized spacial score (nSPS) is 14.2. The Balaban J connectivity index is 0.999. The molecule has 0 saturated carbocycles. The van der Waals surface area contributed by atoms with Crippen LogP contribution in [0, 0.1) is 0 Å². The van der Waals surface area contributed by atoms with Crippen molar-refractivity contribution in [3.63, 3.8) is 0 Å². The first kappa shape index (κ1) is 38.4. The standard InChI is InChI=1S/C65H43N3/c1-4-21-46(22-5-1)66(49-36-35-44-19-10-11-20-45(44)41-49)50-38-40-59-56(42-50)52-27-12-15-30-57(52)65(59)58-31-16-13-29-55(58)64-60(65)32-18-34-62(64)67(47-23-6-2-7-24-47)51-37-39-54-53-28-14-17-33-61(53)68(63(54)43-51)48-25-8-3-9-26-48/h1-43H. The fourth-order valence-electron chi connectivity index (χ4n) is 11.8. The van der Waals surface area contributed by atoms with E-state index < -0.39 is 5.41 Å². The van der Waals surface area contributed by atoms with E-state index in [9.17, 15) is 0 Å². The van der Waals surface area contributed by atoms with Gasteiger partial charge >= 0.3 is 0 Å². The van der Waals surface area contributed by atoms with E-state index in [1.807, 2.05) is 0 Å². The number of fused-ring (bicyclic) bond motifs is 14. The predicted octanol–water partition coefficient (Wildman–Crippen LogP) is 17.2. The van der Waals surface area contributed by atoms with Crippen molar-refractivity contribution in [2.24, 2.45) is 0 Å². The fourth-order valence-corrected chi connectivity index (χ4v) is 11.8. The van der Waals surface area contributed by atoms with Crippen LogP contribution >= 0.6 is 0 Å². The number of hydrogen-bond acceptors (Lipinski definition) is 2. The van der Waals surface area contributed by atoms with Crippen molar-refractivity contribution >= 4 is 66.7 Å². The summed E-state index contributed by atoms with van der Waals surface area (Å²) in [5.74, 6) is 0. The Morgan fingerprint density at radius 1 is 0.294 bits per heavy atom. The zero-order valence-corrected chi connectivity index (χ0v) is 37.2. The van der Waals surface area contributed by atoms with Crippen LogP contribution in [0.1, 0.15) is 22.3 Å². The highest BCUT2D eigenvalue weighted by molar-refractivity contribution is 6.11. The van der Waals surface area contributed by atoms with Gasteiger partial charge in [-0.3, -0.25) is 0 Å². The minimum atomic E-state index is -0.543. The van der Waals surface area contributed by atoms with E-state index in [2.05, 4.69) is 275 Å². The lowest BCUT2D eigenvalue weighted by Gasteiger charge is -2.32. The average molecular weight is 866 g/mol. The molecule has 0 amide bonds. The monoisotopic (exact) mass is 865 g/mol. The highest BCUT2D eigenvalue weighted by Crippen LogP contribution is 2.65. The molecule has 12 aromatic rings. The number of hydrogen-bond donors (Lipinski definition) is 0. The van der Waals surface area contributed by atoms with Gasteiger partial charge in [-0.05, 0) is 135 Å². The van der Waals surface area contributed by atoms with Crippen LogP contribution < -0.4 is 9.80 Å². The molecule has 3 nitrogen and oxygen atoms in total. The molecule has 1 heterocycles. The number of para-hydroxylation sites is 4. The van der Waals surface area contributed by atoms with Gasteiger partial charge in [-0.1, -0.05) is 176 Å². The summed E-state index contributed by atoms with van der Waals surface area (Å²) >= 11 is 0. The van der Waals surface area contributed by atoms with Gasteiger partial charge in [0.1, 0.15) is 0 Å². The third-order valence-corrected chi connectivity index (χ3v) is 14.5. The summed E-state index contributed by atoms with van der Waals surface area (Å²) in [7, 11) is 0. The van der Waals surface area contributed by atoms with Gasteiger partial charge in [0.05, 0.1) is 22.1 Å². The van der Waals surface area contributed by atoms with Crippen LogP contribution in [0.15, 0.2) is 261 Å². The van der Waals surface area contributed by atoms with Crippen molar-refractivity contribution in [2.45, 2.75) is 5.41 Å². The molecule has 1 atom stereocenters. The van der Waals surface area contributed by atoms with Crippen LogP contribution in [0.3, 0.4) is 0 Å². The first-order valence-corrected chi connectivity index (χ1v) is 23.5. The Hall–Kier alpha value is -8.92. The van der Waals surface area contributed by atoms with Crippen LogP contribution in [0.2, 0.25) is 0 Å². The molecule has 0 radical (unpaired) electrons. The Kier molecular flexibility index (Phi) is 8.50. The second-order valence-electron chi connectivity index (χ2n) is 18.0. The zero-order chi connectivity index (χ0) is 44.8. The van der Waals surface area contributed by atoms with Crippen molar-refractivity contribution in [3.05, 3.63) is 283 Å². The summed E-state index contributed by atoms with van der Waals surface area (Å²) in [6, 6.07) is 96.1. The smallest absolute Gasteiger partial charge is 0.0726 e. The lowest BCUT2D eigenvalue weighted by molar-refractivity contribution is 0.793. The molecular weight excluding hydrogens is 823 g/mol. The minimum Gasteiger partial charge on any atom is -0.310 e. The fraction of sp³-hybridized carbons (Fsp3) is 0.0154. The van der Waals surface area contributed by atoms with Crippen molar-refractivity contribution < 1.29 is 0 Å². The quantitative estimate of drug-likeness (QED) is 0.158. The molecule has 2 aliphatic rings. The van der Waals surface area contributed by atoms with E-state index in [0.29, 0.717) is 0 Å². The van der Waals surface area contributed by atoms with Gasteiger partial charge in [0.2, 0.25) is 0 Å². The minimum absolute atomic E-state index is 0.543. The molecule has 11 aromatic carbocycles. The van der Waals surface area contributed by atoms with Gasteiger partial charge in [0.15, 0.2) is 0 Å². The Labute approximate surface area is 395 Å². The molecule has 14 rings (SSSR count). The third kappa shape index (κ3) is 5.54. The van der Waals surface area contributed by atoms with E-state index in [-0.39, 0.29) is 0 Å². The molecule has 0 aliphatic heterocycles. The largest absolute Gasteiger partial charge is 0.310 e. The summed E-state index contributed by atoms with van der Waals surface area (Å²) in [4.78, 5) is 4.88. The van der Waals surface area contributed by atoms with E-state index in [1.54, 1.807) is 0 Å². The van der Waals surface area contributed by atoms with Crippen molar-refractivity contribution in [2.75, 3.05) is 9.80 Å². The number of aromatic nitrogens is 1. The van der Waals surface area contributed by atoms with Gasteiger partial charge in [-0.15, -0.1) is 0 Å². The van der Waals surface area contributed by atoms with Crippen LogP contribution in [0.25, 0.3) is 60.5 Å². The number of nitrogens with zero attached hydrogens (tertiary/aromatic N) is 3. The van der Waals surface area contributed by atoms with Gasteiger partial charge in [0.25, 0.3) is 0 Å². The summed E-state index contributed by atoms with van der Waals surface area (Å²) in [5.41, 5.74) is 19.9. The maximum Gasteiger partial charge on any atom is 0.0726 e. The summed E-state index contributed by atoms with van der Waals surface area (Å²) < 4.78 is 2.41. The van der Waals surface area contributed by atoms with Crippen LogP contribution in [0.4, 0.5) is 34.1 Å². The van der Waals surface area contributed by atoms with Crippen molar-refractivity contribution in [3.8, 4) is 27.9 Å². The van der Waals surface area contributed by atoms with E-state index in [0.717, 1.165) is 39.8 Å². The molecule has 0 N–H and O–H groups in total. The SMILES string of the molecule is c1ccc(N(c2ccc3c(c2)-c2ccccc2C32c3ccccc3-c3c(N(c4ccccc4)c4ccc5c6ccccc6n(-c6ccccc6)c5c4)cccc32)c2ccc3ccccc3c2)cc1. The first-order chi connectivity index (χ1) is 33.8. The molecule has 0 fully saturated rings. The maximum atomic E-state index is 2.48. The van der Waals surface area contributed by atoms with Gasteiger partial charge < -0.3 is 14.4 Å². The van der Waals surface area contributed by atoms with Crippen molar-refractivity contribution in [1.82, 2.24) is 4.57 Å². The zero-order valence-electron chi connectivity index (χ0n) is 37.2.